The van der Waals surface area contributed by atoms with Crippen molar-refractivity contribution in [1.82, 2.24) is 24.1 Å². The number of hydrogen-bond donors (Lipinski definition) is 0. The molecule has 0 unspecified atom stereocenters. The first kappa shape index (κ1) is 38.8. The lowest BCUT2D eigenvalue weighted by Gasteiger charge is -2.14. The molecule has 0 saturated heterocycles. The molecule has 10 aromatic carbocycles. The van der Waals surface area contributed by atoms with Crippen molar-refractivity contribution in [3.05, 3.63) is 237 Å². The molecule has 0 atom stereocenters. The normalized spacial score (nSPS) is 11.8. The van der Waals surface area contributed by atoms with Crippen molar-refractivity contribution in [3.8, 4) is 67.8 Å². The van der Waals surface area contributed by atoms with Crippen molar-refractivity contribution >= 4 is 65.6 Å². The van der Waals surface area contributed by atoms with Crippen LogP contribution in [0.4, 0.5) is 0 Å². The van der Waals surface area contributed by atoms with E-state index in [9.17, 15) is 0 Å². The minimum absolute atomic E-state index is 0.535. The highest BCUT2D eigenvalue weighted by Gasteiger charge is 2.25. The number of aromatic nitrogens is 5. The van der Waals surface area contributed by atoms with Gasteiger partial charge < -0.3 is 13.6 Å². The van der Waals surface area contributed by atoms with Crippen molar-refractivity contribution in [3.63, 3.8) is 0 Å². The van der Waals surface area contributed by atoms with Gasteiger partial charge in [-0.25, -0.2) is 15.0 Å². The van der Waals surface area contributed by atoms with Crippen LogP contribution in [0.15, 0.2) is 241 Å². The fraction of sp³-hybridized carbons (Fsp3) is 0. The highest BCUT2D eigenvalue weighted by atomic mass is 16.3. The Labute approximate surface area is 396 Å². The minimum Gasteiger partial charge on any atom is -0.453 e. The Bertz CT molecular complexity index is 4110. The Morgan fingerprint density at radius 2 is 0.710 bits per heavy atom. The molecule has 0 saturated carbocycles. The van der Waals surface area contributed by atoms with E-state index in [0.29, 0.717) is 17.5 Å². The van der Waals surface area contributed by atoms with E-state index in [4.69, 9.17) is 19.4 Å². The van der Waals surface area contributed by atoms with Crippen LogP contribution in [0.3, 0.4) is 0 Å². The summed E-state index contributed by atoms with van der Waals surface area (Å²) in [6.45, 7) is 0. The zero-order valence-corrected chi connectivity index (χ0v) is 37.2. The maximum Gasteiger partial charge on any atom is 0.167 e. The Morgan fingerprint density at radius 1 is 0.275 bits per heavy atom. The quantitative estimate of drug-likeness (QED) is 0.160. The largest absolute Gasteiger partial charge is 0.453 e. The average Bonchev–Trinajstić information content (AvgIpc) is 4.10. The summed E-state index contributed by atoms with van der Waals surface area (Å²) in [7, 11) is 0. The summed E-state index contributed by atoms with van der Waals surface area (Å²) in [4.78, 5) is 15.6. The highest BCUT2D eigenvalue weighted by molar-refractivity contribution is 6.24. The third kappa shape index (κ3) is 6.23. The first-order chi connectivity index (χ1) is 34.2. The first-order valence-electron chi connectivity index (χ1n) is 23.3. The maximum atomic E-state index is 7.31. The number of nitrogens with zero attached hydrogens (tertiary/aromatic N) is 5. The molecule has 0 aliphatic heterocycles. The van der Waals surface area contributed by atoms with E-state index in [1.807, 2.05) is 12.1 Å². The van der Waals surface area contributed by atoms with Crippen molar-refractivity contribution in [2.75, 3.05) is 0 Å². The van der Waals surface area contributed by atoms with Crippen LogP contribution in [-0.4, -0.2) is 24.1 Å². The number of benzene rings is 10. The summed E-state index contributed by atoms with van der Waals surface area (Å²) in [6, 6.07) is 83.2. The van der Waals surface area contributed by atoms with Gasteiger partial charge in [0.2, 0.25) is 0 Å². The first-order valence-corrected chi connectivity index (χ1v) is 23.3. The zero-order valence-electron chi connectivity index (χ0n) is 37.2. The Kier molecular flexibility index (Phi) is 8.79. The van der Waals surface area contributed by atoms with Crippen LogP contribution < -0.4 is 0 Å². The third-order valence-corrected chi connectivity index (χ3v) is 13.6. The molecular formula is C63H39N5O. The summed E-state index contributed by atoms with van der Waals surface area (Å²) in [5.74, 6) is 1.70. The van der Waals surface area contributed by atoms with E-state index >= 15 is 0 Å². The van der Waals surface area contributed by atoms with Gasteiger partial charge in [-0.05, 0) is 64.7 Å². The Hall–Kier alpha value is -9.39. The van der Waals surface area contributed by atoms with Crippen LogP contribution in [-0.2, 0) is 0 Å². The van der Waals surface area contributed by atoms with Crippen molar-refractivity contribution in [2.24, 2.45) is 0 Å². The molecule has 4 aromatic heterocycles. The number of rotatable bonds is 7. The summed E-state index contributed by atoms with van der Waals surface area (Å²) in [5.41, 5.74) is 15.2. The van der Waals surface area contributed by atoms with Crippen LogP contribution in [0.25, 0.3) is 133 Å². The van der Waals surface area contributed by atoms with Crippen LogP contribution in [0.2, 0.25) is 0 Å². The molecule has 0 aliphatic carbocycles. The molecule has 0 N–H and O–H groups in total. The van der Waals surface area contributed by atoms with Gasteiger partial charge in [0.1, 0.15) is 5.58 Å². The molecule has 0 radical (unpaired) electrons. The second-order valence-electron chi connectivity index (χ2n) is 17.5. The lowest BCUT2D eigenvalue weighted by Crippen LogP contribution is -2.00. The second-order valence-corrected chi connectivity index (χ2v) is 17.5. The fourth-order valence-corrected chi connectivity index (χ4v) is 10.4. The molecule has 6 heteroatoms. The average molecular weight is 882 g/mol. The molecule has 0 bridgehead atoms. The lowest BCUT2D eigenvalue weighted by atomic mass is 10.0. The molecule has 0 fully saturated rings. The van der Waals surface area contributed by atoms with Crippen LogP contribution >= 0.6 is 0 Å². The lowest BCUT2D eigenvalue weighted by molar-refractivity contribution is 0.671. The smallest absolute Gasteiger partial charge is 0.167 e. The molecule has 0 spiro atoms. The fourth-order valence-electron chi connectivity index (χ4n) is 10.4. The maximum absolute atomic E-state index is 7.31. The monoisotopic (exact) mass is 881 g/mol. The summed E-state index contributed by atoms with van der Waals surface area (Å²) in [5, 5.41) is 6.68. The van der Waals surface area contributed by atoms with Crippen molar-refractivity contribution in [1.29, 1.82) is 0 Å². The van der Waals surface area contributed by atoms with Gasteiger partial charge >= 0.3 is 0 Å². The third-order valence-electron chi connectivity index (χ3n) is 13.6. The molecule has 14 aromatic rings. The standard InChI is InChI=1S/C63H39N5O/c1-4-16-40(17-5-1)42-30-34-44(35-31-42)61-64-62(45-36-32-43(33-37-45)41-18-6-2-7-19-41)66-63(65-61)53-26-14-25-51-52-39-38-50-49-24-15-29-56(68-54-27-12-10-22-47(54)48-23-11-13-28-55(48)68)57(49)67(46-20-8-3-9-21-46)58(50)60(52)69-59(51)53/h1-39H. The van der Waals surface area contributed by atoms with Gasteiger partial charge in [-0.15, -0.1) is 0 Å². The van der Waals surface area contributed by atoms with Crippen LogP contribution in [0.5, 0.6) is 0 Å². The second kappa shape index (κ2) is 15.6. The van der Waals surface area contributed by atoms with Gasteiger partial charge in [-0.1, -0.05) is 194 Å². The minimum atomic E-state index is 0.535. The number of fused-ring (bicyclic) bond motifs is 10. The summed E-state index contributed by atoms with van der Waals surface area (Å²) in [6.07, 6.45) is 0. The topological polar surface area (TPSA) is 61.7 Å². The molecule has 6 nitrogen and oxygen atoms in total. The summed E-state index contributed by atoms with van der Waals surface area (Å²) < 4.78 is 12.1. The highest BCUT2D eigenvalue weighted by Crippen LogP contribution is 2.45. The molecule has 0 aliphatic rings. The zero-order chi connectivity index (χ0) is 45.4. The number of para-hydroxylation sites is 5. The molecular weight excluding hydrogens is 843 g/mol. The Balaban J connectivity index is 1.00. The Morgan fingerprint density at radius 3 is 1.32 bits per heavy atom. The van der Waals surface area contributed by atoms with Gasteiger partial charge in [-0.2, -0.15) is 0 Å². The van der Waals surface area contributed by atoms with Crippen LogP contribution in [0.1, 0.15) is 0 Å². The number of furan rings is 1. The van der Waals surface area contributed by atoms with Crippen molar-refractivity contribution < 1.29 is 4.42 Å². The van der Waals surface area contributed by atoms with Gasteiger partial charge in [0.25, 0.3) is 0 Å². The molecule has 322 valence electrons. The molecule has 69 heavy (non-hydrogen) atoms. The van der Waals surface area contributed by atoms with E-state index in [1.54, 1.807) is 0 Å². The van der Waals surface area contributed by atoms with Crippen molar-refractivity contribution in [2.45, 2.75) is 0 Å². The molecule has 4 heterocycles. The van der Waals surface area contributed by atoms with E-state index in [-0.39, 0.29) is 0 Å². The van der Waals surface area contributed by atoms with E-state index in [0.717, 1.165) is 105 Å². The van der Waals surface area contributed by atoms with Gasteiger partial charge in [0.05, 0.1) is 33.3 Å². The summed E-state index contributed by atoms with van der Waals surface area (Å²) >= 11 is 0. The number of hydrogen-bond acceptors (Lipinski definition) is 4. The van der Waals surface area contributed by atoms with Crippen LogP contribution in [0, 0.1) is 0 Å². The van der Waals surface area contributed by atoms with Gasteiger partial charge in [0.15, 0.2) is 23.1 Å². The molecule has 14 rings (SSSR count). The predicted octanol–water partition coefficient (Wildman–Crippen LogP) is 16.3. The SMILES string of the molecule is c1ccc(-c2ccc(-c3nc(-c4ccc(-c5ccccc5)cc4)nc(-c4cccc5c4oc4c5ccc5c6cccc(-n7c8ccccc8c8ccccc87)c6n(-c6ccccc6)c54)n3)cc2)cc1. The van der Waals surface area contributed by atoms with E-state index in [1.165, 1.54) is 10.8 Å². The van der Waals surface area contributed by atoms with E-state index < -0.39 is 0 Å². The van der Waals surface area contributed by atoms with E-state index in [2.05, 4.69) is 234 Å². The van der Waals surface area contributed by atoms with Gasteiger partial charge in [-0.3, -0.25) is 0 Å². The van der Waals surface area contributed by atoms with Gasteiger partial charge in [0, 0.05) is 49.1 Å². The molecule has 0 amide bonds. The predicted molar refractivity (Wildman–Crippen MR) is 283 cm³/mol.